The van der Waals surface area contributed by atoms with E-state index in [-0.39, 0.29) is 27.6 Å². The lowest BCUT2D eigenvalue weighted by molar-refractivity contribution is -0.137. The molecule has 146 valence electrons. The quantitative estimate of drug-likeness (QED) is 0.449. The summed E-state index contributed by atoms with van der Waals surface area (Å²) in [6, 6.07) is 10.3. The number of amides is 1. The van der Waals surface area contributed by atoms with Crippen molar-refractivity contribution in [1.29, 1.82) is 0 Å². The van der Waals surface area contributed by atoms with Gasteiger partial charge in [-0.1, -0.05) is 35.5 Å². The number of alkyl halides is 3. The smallest absolute Gasteiger partial charge is 0.411 e. The second kappa shape index (κ2) is 8.54. The molecule has 3 rings (SSSR count). The van der Waals surface area contributed by atoms with Crippen molar-refractivity contribution in [1.82, 2.24) is 10.2 Å². The van der Waals surface area contributed by atoms with Crippen molar-refractivity contribution in [3.63, 3.8) is 0 Å². The van der Waals surface area contributed by atoms with E-state index in [9.17, 15) is 18.0 Å². The minimum atomic E-state index is -4.65. The minimum absolute atomic E-state index is 0.0786. The number of anilines is 1. The van der Waals surface area contributed by atoms with Crippen LogP contribution < -0.4 is 5.32 Å². The average molecular weight is 493 g/mol. The van der Waals surface area contributed by atoms with Crippen LogP contribution in [0.5, 0.6) is 0 Å². The first-order valence-corrected chi connectivity index (χ1v) is 9.77. The fourth-order valence-corrected chi connectivity index (χ4v) is 3.37. The zero-order valence-electron chi connectivity index (χ0n) is 13.8. The van der Waals surface area contributed by atoms with E-state index in [1.54, 1.807) is 12.1 Å². The van der Waals surface area contributed by atoms with Gasteiger partial charge in [0.05, 0.1) is 22.6 Å². The van der Waals surface area contributed by atoms with Crippen molar-refractivity contribution >= 4 is 50.9 Å². The highest BCUT2D eigenvalue weighted by molar-refractivity contribution is 9.10. The topological polar surface area (TPSA) is 68.0 Å². The van der Waals surface area contributed by atoms with Crippen molar-refractivity contribution in [2.24, 2.45) is 0 Å². The van der Waals surface area contributed by atoms with Crippen LogP contribution in [0.4, 0.5) is 18.9 Å². The molecule has 1 amide bonds. The lowest BCUT2D eigenvalue weighted by Crippen LogP contribution is -2.18. The van der Waals surface area contributed by atoms with E-state index >= 15 is 0 Å². The second-order valence-electron chi connectivity index (χ2n) is 5.38. The summed E-state index contributed by atoms with van der Waals surface area (Å²) in [4.78, 5) is 12.1. The van der Waals surface area contributed by atoms with Gasteiger partial charge in [0.1, 0.15) is 0 Å². The molecule has 0 aliphatic rings. The highest BCUT2D eigenvalue weighted by Gasteiger charge is 2.34. The van der Waals surface area contributed by atoms with E-state index in [0.29, 0.717) is 5.56 Å². The summed E-state index contributed by atoms with van der Waals surface area (Å²) in [6.07, 6.45) is -4.65. The van der Waals surface area contributed by atoms with E-state index in [1.165, 1.54) is 6.07 Å². The molecule has 11 heteroatoms. The van der Waals surface area contributed by atoms with Crippen LogP contribution >= 0.6 is 39.3 Å². The number of nitrogens with zero attached hydrogens (tertiary/aromatic N) is 2. The van der Waals surface area contributed by atoms with Crippen LogP contribution in [0, 0.1) is 0 Å². The highest BCUT2D eigenvalue weighted by Crippen LogP contribution is 2.36. The summed E-state index contributed by atoms with van der Waals surface area (Å²) in [6.45, 7) is 0. The van der Waals surface area contributed by atoms with Crippen molar-refractivity contribution < 1.29 is 22.4 Å². The van der Waals surface area contributed by atoms with Gasteiger partial charge in [0, 0.05) is 9.50 Å². The normalized spacial score (nSPS) is 11.5. The standard InChI is InChI=1S/C17H10BrClF3N3O2S/c18-12-4-2-1-3-10(12)15-24-25-16(27-15)28-8-14(26)23-13-6-5-9(19)7-11(13)17(20,21)22/h1-7H,8H2,(H,23,26). The zero-order valence-corrected chi connectivity index (χ0v) is 16.9. The Balaban J connectivity index is 1.65. The van der Waals surface area contributed by atoms with Gasteiger partial charge in [0.25, 0.3) is 5.22 Å². The van der Waals surface area contributed by atoms with Gasteiger partial charge in [-0.15, -0.1) is 10.2 Å². The summed E-state index contributed by atoms with van der Waals surface area (Å²) in [5.41, 5.74) is -0.712. The number of nitrogens with one attached hydrogen (secondary N) is 1. The zero-order chi connectivity index (χ0) is 20.3. The maximum Gasteiger partial charge on any atom is 0.418 e. The van der Waals surface area contributed by atoms with E-state index in [0.717, 1.165) is 28.4 Å². The number of hydrogen-bond donors (Lipinski definition) is 1. The molecule has 0 aliphatic heterocycles. The first kappa shape index (κ1) is 20.7. The molecule has 1 heterocycles. The van der Waals surface area contributed by atoms with E-state index in [2.05, 4.69) is 31.4 Å². The van der Waals surface area contributed by atoms with Crippen LogP contribution in [0.25, 0.3) is 11.5 Å². The second-order valence-corrected chi connectivity index (χ2v) is 7.59. The predicted molar refractivity (Wildman–Crippen MR) is 103 cm³/mol. The number of halogens is 5. The summed E-state index contributed by atoms with van der Waals surface area (Å²) in [7, 11) is 0. The third-order valence-corrected chi connectivity index (χ3v) is 5.14. The van der Waals surface area contributed by atoms with Gasteiger partial charge < -0.3 is 9.73 Å². The monoisotopic (exact) mass is 491 g/mol. The van der Waals surface area contributed by atoms with Crippen LogP contribution in [0.15, 0.2) is 56.6 Å². The molecule has 2 aromatic carbocycles. The van der Waals surface area contributed by atoms with Gasteiger partial charge in [-0.05, 0) is 46.3 Å². The largest absolute Gasteiger partial charge is 0.418 e. The number of carbonyl (C=O) groups is 1. The molecule has 5 nitrogen and oxygen atoms in total. The number of aromatic nitrogens is 2. The van der Waals surface area contributed by atoms with Gasteiger partial charge >= 0.3 is 6.18 Å². The fourth-order valence-electron chi connectivity index (χ4n) is 2.19. The lowest BCUT2D eigenvalue weighted by atomic mass is 10.1. The lowest BCUT2D eigenvalue weighted by Gasteiger charge is -2.13. The van der Waals surface area contributed by atoms with Gasteiger partial charge in [-0.25, -0.2) is 0 Å². The molecule has 0 radical (unpaired) electrons. The number of thioether (sulfide) groups is 1. The van der Waals surface area contributed by atoms with Crippen LogP contribution in [-0.4, -0.2) is 21.9 Å². The molecule has 3 aromatic rings. The van der Waals surface area contributed by atoms with Gasteiger partial charge in [-0.2, -0.15) is 13.2 Å². The Kier molecular flexibility index (Phi) is 6.31. The van der Waals surface area contributed by atoms with Gasteiger partial charge in [-0.3, -0.25) is 4.79 Å². The predicted octanol–water partition coefficient (Wildman–Crippen LogP) is 5.90. The summed E-state index contributed by atoms with van der Waals surface area (Å²) >= 11 is 9.90. The van der Waals surface area contributed by atoms with E-state index in [1.807, 2.05) is 12.1 Å². The maximum atomic E-state index is 13.1. The van der Waals surface area contributed by atoms with Crippen LogP contribution in [0.2, 0.25) is 5.02 Å². The van der Waals surface area contributed by atoms with Crippen molar-refractivity contribution in [3.05, 3.63) is 57.5 Å². The minimum Gasteiger partial charge on any atom is -0.411 e. The van der Waals surface area contributed by atoms with Crippen LogP contribution in [0.3, 0.4) is 0 Å². The molecule has 0 bridgehead atoms. The molecule has 0 saturated carbocycles. The molecule has 0 fully saturated rings. The molecule has 0 unspecified atom stereocenters. The molecule has 28 heavy (non-hydrogen) atoms. The van der Waals surface area contributed by atoms with Crippen molar-refractivity contribution in [3.8, 4) is 11.5 Å². The average Bonchev–Trinajstić information content (AvgIpc) is 3.10. The number of hydrogen-bond acceptors (Lipinski definition) is 5. The van der Waals surface area contributed by atoms with Crippen LogP contribution in [-0.2, 0) is 11.0 Å². The molecular formula is C17H10BrClF3N3O2S. The Bertz CT molecular complexity index is 1010. The summed E-state index contributed by atoms with van der Waals surface area (Å²) in [5.74, 6) is -0.608. The first-order chi connectivity index (χ1) is 13.2. The first-order valence-electron chi connectivity index (χ1n) is 7.62. The van der Waals surface area contributed by atoms with E-state index < -0.39 is 17.6 Å². The number of benzene rings is 2. The fraction of sp³-hybridized carbons (Fsp3) is 0.118. The third kappa shape index (κ3) is 5.06. The Labute approximate surface area is 174 Å². The maximum absolute atomic E-state index is 13.1. The molecule has 0 saturated heterocycles. The van der Waals surface area contributed by atoms with Gasteiger partial charge in [0.2, 0.25) is 11.8 Å². The summed E-state index contributed by atoms with van der Waals surface area (Å²) in [5, 5.41) is 10.00. The van der Waals surface area contributed by atoms with Crippen LogP contribution in [0.1, 0.15) is 5.56 Å². The van der Waals surface area contributed by atoms with Gasteiger partial charge in [0.15, 0.2) is 0 Å². The SMILES string of the molecule is O=C(CSc1nnc(-c2ccccc2Br)o1)Nc1ccc(Cl)cc1C(F)(F)F. The Morgan fingerprint density at radius 2 is 1.96 bits per heavy atom. The van der Waals surface area contributed by atoms with Crippen molar-refractivity contribution in [2.75, 3.05) is 11.1 Å². The molecular weight excluding hydrogens is 483 g/mol. The molecule has 0 spiro atoms. The summed E-state index contributed by atoms with van der Waals surface area (Å²) < 4.78 is 45.5. The highest BCUT2D eigenvalue weighted by atomic mass is 79.9. The molecule has 1 N–H and O–H groups in total. The Hall–Kier alpha value is -2.04. The number of rotatable bonds is 5. The number of carbonyl (C=O) groups excluding carboxylic acids is 1. The third-order valence-electron chi connectivity index (χ3n) is 3.40. The molecule has 0 aliphatic carbocycles. The van der Waals surface area contributed by atoms with Crippen molar-refractivity contribution in [2.45, 2.75) is 11.4 Å². The van der Waals surface area contributed by atoms with E-state index in [4.69, 9.17) is 16.0 Å². The molecule has 0 atom stereocenters. The Morgan fingerprint density at radius 3 is 2.68 bits per heavy atom. The Morgan fingerprint density at radius 1 is 1.21 bits per heavy atom. The molecule has 1 aromatic heterocycles.